The van der Waals surface area contributed by atoms with E-state index in [1.165, 1.54) is 4.49 Å². The van der Waals surface area contributed by atoms with Crippen LogP contribution in [0.1, 0.15) is 18.4 Å². The molecule has 1 saturated heterocycles. The Hall–Kier alpha value is -1.50. The lowest BCUT2D eigenvalue weighted by Gasteiger charge is -2.35. The van der Waals surface area contributed by atoms with E-state index in [1.54, 1.807) is 24.3 Å². The quantitative estimate of drug-likeness (QED) is 0.344. The van der Waals surface area contributed by atoms with Crippen LogP contribution < -0.4 is 15.3 Å². The number of ether oxygens (including phenoxy) is 1. The fourth-order valence-electron chi connectivity index (χ4n) is 2.42. The molecule has 0 radical (unpaired) electrons. The summed E-state index contributed by atoms with van der Waals surface area (Å²) < 4.78 is 50.6. The molecule has 11 nitrogen and oxygen atoms in total. The third kappa shape index (κ3) is 6.55. The zero-order chi connectivity index (χ0) is 20.2. The van der Waals surface area contributed by atoms with Crippen LogP contribution in [-0.4, -0.2) is 42.2 Å². The van der Waals surface area contributed by atoms with Gasteiger partial charge in [0.05, 0.1) is 0 Å². The van der Waals surface area contributed by atoms with E-state index < -0.39 is 35.9 Å². The van der Waals surface area contributed by atoms with Crippen LogP contribution in [0.4, 0.5) is 4.79 Å². The highest BCUT2D eigenvalue weighted by atomic mass is 79.9. The number of nitrogens with two attached hydrogens (primary N) is 1. The van der Waals surface area contributed by atoms with Crippen molar-refractivity contribution in [1.29, 1.82) is 0 Å². The normalized spacial score (nSPS) is 20.0. The van der Waals surface area contributed by atoms with Crippen LogP contribution in [0, 0.1) is 0 Å². The van der Waals surface area contributed by atoms with Crippen molar-refractivity contribution in [3.63, 3.8) is 0 Å². The first-order valence-corrected chi connectivity index (χ1v) is 11.6. The highest BCUT2D eigenvalue weighted by Crippen LogP contribution is 2.40. The molecule has 0 aromatic heterocycles. The molecule has 5 N–H and O–H groups in total. The standard InChI is InChI=1S/C13H18BrN4O7PS/c14-10-5-3-9(4-6-10)8-25-13(20)16-11-2-1-7-18(12(11)19)26(15,21)17-27(22,23)24/h3-6,11H,1-2,7-8H2,(H,16,20)(H3,15,17,21)(H,22,23,24)/t11-,26+/m1/s1. The molecule has 1 aromatic carbocycles. The fraction of sp³-hybridized carbons (Fsp3) is 0.385. The number of nitrogens with zero attached hydrogens (tertiary/aromatic N) is 1. The first-order chi connectivity index (χ1) is 12.5. The zero-order valence-corrected chi connectivity index (χ0v) is 17.2. The molecule has 2 rings (SSSR count). The number of alkyl carbamates (subject to hydrolysis) is 1. The second-order valence-electron chi connectivity index (χ2n) is 5.69. The van der Waals surface area contributed by atoms with Gasteiger partial charge in [-0.3, -0.25) is 24.1 Å². The summed E-state index contributed by atoms with van der Waals surface area (Å²) in [4.78, 5) is 24.3. The van der Waals surface area contributed by atoms with Gasteiger partial charge in [0.1, 0.15) is 12.6 Å². The molecular weight excluding hydrogens is 467 g/mol. The van der Waals surface area contributed by atoms with Crippen LogP contribution in [0.2, 0.25) is 0 Å². The number of rotatable bonds is 6. The van der Waals surface area contributed by atoms with Crippen molar-refractivity contribution in [3.05, 3.63) is 34.3 Å². The number of hydrogen-bond donors (Lipinski definition) is 4. The summed E-state index contributed by atoms with van der Waals surface area (Å²) in [5, 5.41) is 2.34. The van der Waals surface area contributed by atoms with Crippen molar-refractivity contribution in [2.24, 2.45) is 5.50 Å². The minimum atomic E-state index is -4.88. The summed E-state index contributed by atoms with van der Waals surface area (Å²) in [6.07, 6.45) is -0.334. The van der Waals surface area contributed by atoms with E-state index in [9.17, 15) is 22.6 Å². The third-order valence-corrected chi connectivity index (χ3v) is 7.21. The molecule has 1 fully saturated rings. The molecule has 0 unspecified atom stereocenters. The third-order valence-electron chi connectivity index (χ3n) is 3.60. The highest BCUT2D eigenvalue weighted by Gasteiger charge is 2.40. The highest BCUT2D eigenvalue weighted by molar-refractivity contribution is 9.10. The summed E-state index contributed by atoms with van der Waals surface area (Å²) in [6.45, 7) is -0.120. The number of carbonyl (C=O) groups excluding carboxylic acids is 2. The second kappa shape index (κ2) is 8.67. The number of nitrogens with one attached hydrogen (secondary N) is 2. The van der Waals surface area contributed by atoms with Gasteiger partial charge in [-0.2, -0.15) is 8.42 Å². The van der Waals surface area contributed by atoms with Gasteiger partial charge in [0.2, 0.25) is 0 Å². The number of hydrogen-bond acceptors (Lipinski definition) is 6. The van der Waals surface area contributed by atoms with Gasteiger partial charge in [0.25, 0.3) is 5.91 Å². The van der Waals surface area contributed by atoms with E-state index in [1.807, 2.05) is 0 Å². The Kier molecular flexibility index (Phi) is 7.00. The predicted molar refractivity (Wildman–Crippen MR) is 98.7 cm³/mol. The zero-order valence-electron chi connectivity index (χ0n) is 13.9. The molecule has 1 aliphatic heterocycles. The summed E-state index contributed by atoms with van der Waals surface area (Å²) in [6, 6.07) is 5.96. The maximum atomic E-state index is 12.4. The average Bonchev–Trinajstić information content (AvgIpc) is 2.54. The maximum absolute atomic E-state index is 12.4. The number of benzene rings is 1. The number of piperidine rings is 1. The van der Waals surface area contributed by atoms with Crippen molar-refractivity contribution < 1.29 is 31.9 Å². The first kappa shape index (κ1) is 21.8. The van der Waals surface area contributed by atoms with E-state index in [-0.39, 0.29) is 19.6 Å². The molecule has 2 amide bonds. The minimum Gasteiger partial charge on any atom is -0.445 e. The van der Waals surface area contributed by atoms with Crippen LogP contribution in [0.25, 0.3) is 0 Å². The van der Waals surface area contributed by atoms with Crippen molar-refractivity contribution in [2.45, 2.75) is 25.5 Å². The molecule has 2 atom stereocenters. The fourth-order valence-corrected chi connectivity index (χ4v) is 5.27. The average molecular weight is 485 g/mol. The van der Waals surface area contributed by atoms with E-state index in [0.29, 0.717) is 11.1 Å². The van der Waals surface area contributed by atoms with E-state index in [2.05, 4.69) is 21.2 Å². The molecular formula is C13H18BrN4O7PS. The van der Waals surface area contributed by atoms with Gasteiger partial charge in [-0.15, -0.1) is 4.49 Å². The Balaban J connectivity index is 1.95. The summed E-state index contributed by atoms with van der Waals surface area (Å²) >= 11 is 3.28. The Morgan fingerprint density at radius 2 is 2.04 bits per heavy atom. The monoisotopic (exact) mass is 484 g/mol. The van der Waals surface area contributed by atoms with Crippen LogP contribution >= 0.6 is 23.5 Å². The molecule has 0 saturated carbocycles. The second-order valence-corrected chi connectivity index (χ2v) is 10.0. The maximum Gasteiger partial charge on any atom is 0.408 e. The van der Waals surface area contributed by atoms with Gasteiger partial charge in [-0.25, -0.2) is 4.79 Å². The number of halogens is 1. The van der Waals surface area contributed by atoms with Crippen LogP contribution in [0.15, 0.2) is 28.7 Å². The summed E-state index contributed by atoms with van der Waals surface area (Å²) in [5.74, 6) is -0.844. The molecule has 0 bridgehead atoms. The van der Waals surface area contributed by atoms with Crippen molar-refractivity contribution in [2.75, 3.05) is 6.54 Å². The summed E-state index contributed by atoms with van der Waals surface area (Å²) in [7, 11) is -9.28. The van der Waals surface area contributed by atoms with Crippen LogP contribution in [0.3, 0.4) is 0 Å². The van der Waals surface area contributed by atoms with E-state index >= 15 is 0 Å². The molecule has 1 aliphatic rings. The number of carbonyl (C=O) groups is 2. The molecule has 150 valence electrons. The smallest absolute Gasteiger partial charge is 0.408 e. The van der Waals surface area contributed by atoms with E-state index in [4.69, 9.17) is 14.8 Å². The van der Waals surface area contributed by atoms with Gasteiger partial charge in [0, 0.05) is 11.0 Å². The van der Waals surface area contributed by atoms with Gasteiger partial charge < -0.3 is 10.1 Å². The predicted octanol–water partition coefficient (Wildman–Crippen LogP) is 1.13. The SMILES string of the molecule is N[P@](=O)(NS(=O)(=O)O)N1CCC[C@@H](NC(=O)OCc2ccc(Br)cc2)C1=O. The van der Waals surface area contributed by atoms with Crippen molar-refractivity contribution >= 4 is 45.8 Å². The first-order valence-electron chi connectivity index (χ1n) is 7.62. The Bertz CT molecular complexity index is 864. The van der Waals surface area contributed by atoms with Gasteiger partial charge in [-0.1, -0.05) is 28.1 Å². The topological polar surface area (TPSA) is 168 Å². The lowest BCUT2D eigenvalue weighted by molar-refractivity contribution is -0.130. The Morgan fingerprint density at radius 3 is 2.63 bits per heavy atom. The van der Waals surface area contributed by atoms with E-state index in [0.717, 1.165) is 10.0 Å². The Morgan fingerprint density at radius 1 is 1.41 bits per heavy atom. The Labute approximate surface area is 164 Å². The molecule has 1 aromatic rings. The van der Waals surface area contributed by atoms with Gasteiger partial charge >= 0.3 is 24.0 Å². The largest absolute Gasteiger partial charge is 0.445 e. The van der Waals surface area contributed by atoms with Gasteiger partial charge in [0.15, 0.2) is 0 Å². The molecule has 14 heteroatoms. The molecule has 1 heterocycles. The molecule has 0 aliphatic carbocycles. The molecule has 27 heavy (non-hydrogen) atoms. The van der Waals surface area contributed by atoms with Crippen molar-refractivity contribution in [3.8, 4) is 0 Å². The molecule has 0 spiro atoms. The lowest BCUT2D eigenvalue weighted by Crippen LogP contribution is -2.53. The van der Waals surface area contributed by atoms with Gasteiger partial charge in [-0.05, 0) is 30.5 Å². The summed E-state index contributed by atoms with van der Waals surface area (Å²) in [5.41, 5.74) is 6.10. The minimum absolute atomic E-state index is 0.0244. The van der Waals surface area contributed by atoms with Crippen LogP contribution in [0.5, 0.6) is 0 Å². The lowest BCUT2D eigenvalue weighted by atomic mass is 10.1. The number of amides is 2. The van der Waals surface area contributed by atoms with Crippen molar-refractivity contribution in [1.82, 2.24) is 14.5 Å². The van der Waals surface area contributed by atoms with Crippen LogP contribution in [-0.2, 0) is 31.0 Å².